The summed E-state index contributed by atoms with van der Waals surface area (Å²) in [7, 11) is 2.06. The monoisotopic (exact) mass is 372 g/mol. The molecule has 4 rings (SSSR count). The molecule has 0 aliphatic heterocycles. The van der Waals surface area contributed by atoms with Crippen molar-refractivity contribution in [3.63, 3.8) is 0 Å². The Morgan fingerprint density at radius 1 is 1.00 bits per heavy atom. The summed E-state index contributed by atoms with van der Waals surface area (Å²) in [5.41, 5.74) is 3.64. The van der Waals surface area contributed by atoms with Crippen molar-refractivity contribution in [1.29, 1.82) is 0 Å². The number of nitrogens with one attached hydrogen (secondary N) is 3. The second-order valence-electron chi connectivity index (χ2n) is 7.45. The lowest BCUT2D eigenvalue weighted by Crippen LogP contribution is -3.08. The van der Waals surface area contributed by atoms with E-state index in [1.807, 2.05) is 18.3 Å². The second-order valence-corrected chi connectivity index (χ2v) is 7.45. The minimum atomic E-state index is 0.0955. The summed E-state index contributed by atoms with van der Waals surface area (Å²) in [6.07, 6.45) is 2.87. The van der Waals surface area contributed by atoms with Crippen LogP contribution in [0.1, 0.15) is 11.1 Å². The summed E-state index contributed by atoms with van der Waals surface area (Å²) in [4.78, 5) is 16.8. The van der Waals surface area contributed by atoms with E-state index in [1.165, 1.54) is 32.2 Å². The van der Waals surface area contributed by atoms with Crippen LogP contribution in [0.15, 0.2) is 72.9 Å². The van der Waals surface area contributed by atoms with Crippen LogP contribution in [-0.2, 0) is 17.8 Å². The third-order valence-corrected chi connectivity index (χ3v) is 5.17. The number of carbonyl (C=O) groups is 1. The van der Waals surface area contributed by atoms with Crippen LogP contribution < -0.4 is 10.2 Å². The number of rotatable bonds is 7. The van der Waals surface area contributed by atoms with E-state index in [9.17, 15) is 4.79 Å². The molecule has 0 bridgehead atoms. The Labute approximate surface area is 165 Å². The number of para-hydroxylation sites is 1. The van der Waals surface area contributed by atoms with Crippen molar-refractivity contribution >= 4 is 27.6 Å². The van der Waals surface area contributed by atoms with Gasteiger partial charge in [0.25, 0.3) is 5.91 Å². The maximum Gasteiger partial charge on any atom is 0.275 e. The van der Waals surface area contributed by atoms with Crippen LogP contribution in [0.2, 0.25) is 0 Å². The van der Waals surface area contributed by atoms with E-state index in [0.717, 1.165) is 18.5 Å². The van der Waals surface area contributed by atoms with Gasteiger partial charge in [-0.1, -0.05) is 54.6 Å². The number of amides is 1. The molecule has 142 valence electrons. The maximum absolute atomic E-state index is 12.3. The average Bonchev–Trinajstić information content (AvgIpc) is 3.11. The van der Waals surface area contributed by atoms with Gasteiger partial charge in [-0.15, -0.1) is 0 Å². The molecular formula is C24H26N3O+. The van der Waals surface area contributed by atoms with Gasteiger partial charge < -0.3 is 15.2 Å². The zero-order valence-electron chi connectivity index (χ0n) is 16.2. The van der Waals surface area contributed by atoms with Crippen LogP contribution in [0.3, 0.4) is 0 Å². The van der Waals surface area contributed by atoms with Gasteiger partial charge in [0, 0.05) is 29.2 Å². The molecule has 3 aromatic carbocycles. The van der Waals surface area contributed by atoms with Gasteiger partial charge in [-0.2, -0.15) is 0 Å². The van der Waals surface area contributed by atoms with Gasteiger partial charge in [0.1, 0.15) is 6.54 Å². The lowest BCUT2D eigenvalue weighted by Gasteiger charge is -2.14. The van der Waals surface area contributed by atoms with Crippen LogP contribution >= 0.6 is 0 Å². The van der Waals surface area contributed by atoms with Crippen molar-refractivity contribution < 1.29 is 9.69 Å². The molecule has 1 atom stereocenters. The summed E-state index contributed by atoms with van der Waals surface area (Å²) in [5, 5.41) is 6.79. The van der Waals surface area contributed by atoms with E-state index >= 15 is 0 Å². The van der Waals surface area contributed by atoms with E-state index in [2.05, 4.69) is 71.9 Å². The third-order valence-electron chi connectivity index (χ3n) is 5.17. The maximum atomic E-state index is 12.3. The largest absolute Gasteiger partial charge is 0.361 e. The Morgan fingerprint density at radius 3 is 2.68 bits per heavy atom. The molecule has 4 aromatic rings. The molecule has 1 aromatic heterocycles. The van der Waals surface area contributed by atoms with E-state index in [4.69, 9.17) is 0 Å². The first-order valence-corrected chi connectivity index (χ1v) is 9.80. The number of likely N-dealkylation sites (N-methyl/N-ethyl adjacent to an activating group) is 1. The number of benzene rings is 3. The Morgan fingerprint density at radius 2 is 1.79 bits per heavy atom. The predicted octanol–water partition coefficient (Wildman–Crippen LogP) is 2.69. The Bertz CT molecular complexity index is 1100. The third kappa shape index (κ3) is 4.24. The van der Waals surface area contributed by atoms with Gasteiger partial charge in [-0.05, 0) is 34.9 Å². The number of aromatic nitrogens is 1. The molecule has 0 aliphatic carbocycles. The number of fused-ring (bicyclic) bond motifs is 2. The Balaban J connectivity index is 1.27. The predicted molar refractivity (Wildman–Crippen MR) is 114 cm³/mol. The molecule has 0 radical (unpaired) electrons. The summed E-state index contributed by atoms with van der Waals surface area (Å²) in [6.45, 7) is 1.96. The zero-order valence-corrected chi connectivity index (χ0v) is 16.2. The molecule has 0 saturated heterocycles. The van der Waals surface area contributed by atoms with Gasteiger partial charge >= 0.3 is 0 Å². The van der Waals surface area contributed by atoms with Crippen LogP contribution in [0.5, 0.6) is 0 Å². The summed E-state index contributed by atoms with van der Waals surface area (Å²) >= 11 is 0. The fraction of sp³-hybridized carbons (Fsp3) is 0.208. The fourth-order valence-corrected chi connectivity index (χ4v) is 3.77. The summed E-state index contributed by atoms with van der Waals surface area (Å²) in [6, 6.07) is 23.1. The Hall–Kier alpha value is -3.11. The van der Waals surface area contributed by atoms with Crippen LogP contribution in [-0.4, -0.2) is 31.0 Å². The molecule has 1 heterocycles. The lowest BCUT2D eigenvalue weighted by atomic mass is 10.1. The highest BCUT2D eigenvalue weighted by Crippen LogP contribution is 2.17. The average molecular weight is 372 g/mol. The first-order valence-electron chi connectivity index (χ1n) is 9.80. The SMILES string of the molecule is C[NH+](CC(=O)NCCc1c[nH]c2ccccc12)Cc1ccc2ccccc2c1. The minimum absolute atomic E-state index is 0.0955. The first-order chi connectivity index (χ1) is 13.7. The molecule has 1 unspecified atom stereocenters. The summed E-state index contributed by atoms with van der Waals surface area (Å²) < 4.78 is 0. The molecule has 0 saturated carbocycles. The highest BCUT2D eigenvalue weighted by molar-refractivity contribution is 5.84. The van der Waals surface area contributed by atoms with Gasteiger partial charge in [0.05, 0.1) is 7.05 Å². The molecular weight excluding hydrogens is 346 g/mol. The summed E-state index contributed by atoms with van der Waals surface area (Å²) in [5.74, 6) is 0.0955. The molecule has 0 spiro atoms. The first kappa shape index (κ1) is 18.3. The van der Waals surface area contributed by atoms with Crippen molar-refractivity contribution in [3.05, 3.63) is 84.1 Å². The number of carbonyl (C=O) groups excluding carboxylic acids is 1. The fourth-order valence-electron chi connectivity index (χ4n) is 3.77. The van der Waals surface area contributed by atoms with Crippen molar-refractivity contribution in [1.82, 2.24) is 10.3 Å². The van der Waals surface area contributed by atoms with E-state index in [0.29, 0.717) is 13.1 Å². The lowest BCUT2D eigenvalue weighted by molar-refractivity contribution is -0.885. The number of H-pyrrole nitrogens is 1. The van der Waals surface area contributed by atoms with E-state index < -0.39 is 0 Å². The minimum Gasteiger partial charge on any atom is -0.361 e. The molecule has 28 heavy (non-hydrogen) atoms. The number of quaternary nitrogens is 1. The van der Waals surface area contributed by atoms with Crippen molar-refractivity contribution in [2.45, 2.75) is 13.0 Å². The Kier molecular flexibility index (Phi) is 5.40. The number of hydrogen-bond donors (Lipinski definition) is 3. The van der Waals surface area contributed by atoms with Crippen molar-refractivity contribution in [2.24, 2.45) is 0 Å². The van der Waals surface area contributed by atoms with Crippen molar-refractivity contribution in [2.75, 3.05) is 20.1 Å². The highest BCUT2D eigenvalue weighted by Gasteiger charge is 2.11. The normalized spacial score (nSPS) is 12.3. The smallest absolute Gasteiger partial charge is 0.275 e. The van der Waals surface area contributed by atoms with Gasteiger partial charge in [-0.3, -0.25) is 4.79 Å². The molecule has 1 amide bonds. The second kappa shape index (κ2) is 8.28. The number of hydrogen-bond acceptors (Lipinski definition) is 1. The quantitative estimate of drug-likeness (QED) is 0.459. The number of aromatic amines is 1. The van der Waals surface area contributed by atoms with Crippen LogP contribution in [0, 0.1) is 0 Å². The van der Waals surface area contributed by atoms with Gasteiger partial charge in [0.2, 0.25) is 0 Å². The van der Waals surface area contributed by atoms with Gasteiger partial charge in [-0.25, -0.2) is 0 Å². The molecule has 0 aliphatic rings. The zero-order chi connectivity index (χ0) is 19.3. The van der Waals surface area contributed by atoms with E-state index in [1.54, 1.807) is 0 Å². The van der Waals surface area contributed by atoms with Gasteiger partial charge in [0.15, 0.2) is 6.54 Å². The molecule has 3 N–H and O–H groups in total. The molecule has 4 nitrogen and oxygen atoms in total. The van der Waals surface area contributed by atoms with Crippen molar-refractivity contribution in [3.8, 4) is 0 Å². The standard InChI is InChI=1S/C24H25N3O/c1-27(16-18-10-11-19-6-2-3-7-20(19)14-18)17-24(28)25-13-12-21-15-26-23-9-5-4-8-22(21)23/h2-11,14-15,26H,12-13,16-17H2,1H3,(H,25,28)/p+1. The van der Waals surface area contributed by atoms with E-state index in [-0.39, 0.29) is 5.91 Å². The molecule has 4 heteroatoms. The highest BCUT2D eigenvalue weighted by atomic mass is 16.2. The topological polar surface area (TPSA) is 49.3 Å². The van der Waals surface area contributed by atoms with Crippen LogP contribution in [0.25, 0.3) is 21.7 Å². The molecule has 0 fully saturated rings. The van der Waals surface area contributed by atoms with Crippen LogP contribution in [0.4, 0.5) is 0 Å².